The number of phenolic OH excluding ortho intramolecular Hbond substituents is 2. The van der Waals surface area contributed by atoms with Crippen molar-refractivity contribution in [3.8, 4) is 11.5 Å². The molecule has 2 nitrogen and oxygen atoms in total. The third kappa shape index (κ3) is 3.90. The quantitative estimate of drug-likeness (QED) is 0.636. The van der Waals surface area contributed by atoms with Gasteiger partial charge in [-0.25, -0.2) is 0 Å². The molecule has 0 atom stereocenters. The zero-order chi connectivity index (χ0) is 18.8. The summed E-state index contributed by atoms with van der Waals surface area (Å²) in [6.07, 6.45) is 4.74. The van der Waals surface area contributed by atoms with Gasteiger partial charge in [0, 0.05) is 0 Å². The van der Waals surface area contributed by atoms with Gasteiger partial charge < -0.3 is 10.2 Å². The second kappa shape index (κ2) is 7.73. The van der Waals surface area contributed by atoms with E-state index in [1.165, 1.54) is 36.8 Å². The molecule has 0 saturated heterocycles. The predicted molar refractivity (Wildman–Crippen MR) is 108 cm³/mol. The highest BCUT2D eigenvalue weighted by atomic mass is 16.3. The Balaban J connectivity index is 1.79. The van der Waals surface area contributed by atoms with Gasteiger partial charge in [-0.15, -0.1) is 0 Å². The number of aromatic hydroxyl groups is 2. The summed E-state index contributed by atoms with van der Waals surface area (Å²) in [4.78, 5) is 0. The minimum atomic E-state index is 0.334. The fourth-order valence-electron chi connectivity index (χ4n) is 4.33. The lowest BCUT2D eigenvalue weighted by Crippen LogP contribution is -2.13. The Hall–Kier alpha value is -1.96. The molecule has 0 unspecified atom stereocenters. The number of hydrogen-bond donors (Lipinski definition) is 2. The van der Waals surface area contributed by atoms with E-state index in [0.29, 0.717) is 35.2 Å². The standard InChI is InChI=1S/C24H32O2/c1-15(2)22-13-20(14-23(16(3)4)24(22)26)19-7-5-17(6-8-19)18-9-11-21(25)12-10-18/h9-17,19,25-26H,5-8H2,1-4H3. The lowest BCUT2D eigenvalue weighted by Gasteiger charge is -2.30. The molecule has 2 heteroatoms. The molecule has 1 aliphatic carbocycles. The lowest BCUT2D eigenvalue weighted by atomic mass is 9.75. The maximum atomic E-state index is 10.6. The van der Waals surface area contributed by atoms with E-state index >= 15 is 0 Å². The van der Waals surface area contributed by atoms with Gasteiger partial charge in [-0.05, 0) is 83.7 Å². The van der Waals surface area contributed by atoms with Crippen LogP contribution in [-0.4, -0.2) is 10.2 Å². The zero-order valence-electron chi connectivity index (χ0n) is 16.5. The van der Waals surface area contributed by atoms with Crippen molar-refractivity contribution in [1.82, 2.24) is 0 Å². The zero-order valence-corrected chi connectivity index (χ0v) is 16.5. The highest BCUT2D eigenvalue weighted by Crippen LogP contribution is 2.43. The maximum absolute atomic E-state index is 10.6. The summed E-state index contributed by atoms with van der Waals surface area (Å²) in [6.45, 7) is 8.63. The molecule has 0 aromatic heterocycles. The molecule has 0 bridgehead atoms. The Labute approximate surface area is 157 Å². The summed E-state index contributed by atoms with van der Waals surface area (Å²) in [5.41, 5.74) is 4.93. The molecule has 1 saturated carbocycles. The van der Waals surface area contributed by atoms with Gasteiger partial charge in [0.05, 0.1) is 0 Å². The normalized spacial score (nSPS) is 20.7. The van der Waals surface area contributed by atoms with E-state index in [0.717, 1.165) is 11.1 Å². The van der Waals surface area contributed by atoms with Crippen LogP contribution in [0.2, 0.25) is 0 Å². The molecule has 26 heavy (non-hydrogen) atoms. The predicted octanol–water partition coefficient (Wildman–Crippen LogP) is 6.79. The van der Waals surface area contributed by atoms with Crippen LogP contribution in [0.15, 0.2) is 36.4 Å². The Morgan fingerprint density at radius 2 is 1.12 bits per heavy atom. The Morgan fingerprint density at radius 1 is 0.692 bits per heavy atom. The number of hydrogen-bond acceptors (Lipinski definition) is 2. The van der Waals surface area contributed by atoms with E-state index in [4.69, 9.17) is 0 Å². The van der Waals surface area contributed by atoms with Crippen LogP contribution in [0, 0.1) is 0 Å². The lowest BCUT2D eigenvalue weighted by molar-refractivity contribution is 0.394. The van der Waals surface area contributed by atoms with E-state index in [1.54, 1.807) is 12.1 Å². The molecule has 2 N–H and O–H groups in total. The van der Waals surface area contributed by atoms with Gasteiger partial charge in [-0.1, -0.05) is 52.0 Å². The molecule has 0 spiro atoms. The molecule has 1 fully saturated rings. The molecule has 0 radical (unpaired) electrons. The second-order valence-electron chi connectivity index (χ2n) is 8.50. The molecule has 2 aromatic carbocycles. The van der Waals surface area contributed by atoms with Crippen molar-refractivity contribution in [2.75, 3.05) is 0 Å². The van der Waals surface area contributed by atoms with Crippen LogP contribution in [0.3, 0.4) is 0 Å². The van der Waals surface area contributed by atoms with E-state index in [1.807, 2.05) is 0 Å². The van der Waals surface area contributed by atoms with Gasteiger partial charge in [0.1, 0.15) is 11.5 Å². The molecular formula is C24H32O2. The van der Waals surface area contributed by atoms with E-state index in [-0.39, 0.29) is 0 Å². The molecule has 140 valence electrons. The van der Waals surface area contributed by atoms with Crippen LogP contribution in [0.1, 0.15) is 99.3 Å². The Kier molecular flexibility index (Phi) is 5.60. The van der Waals surface area contributed by atoms with Crippen molar-refractivity contribution in [3.05, 3.63) is 58.7 Å². The third-order valence-electron chi connectivity index (χ3n) is 6.00. The third-order valence-corrected chi connectivity index (χ3v) is 6.00. The number of benzene rings is 2. The average Bonchev–Trinajstić information content (AvgIpc) is 2.62. The topological polar surface area (TPSA) is 40.5 Å². The first-order valence-corrected chi connectivity index (χ1v) is 10.0. The average molecular weight is 353 g/mol. The van der Waals surface area contributed by atoms with Crippen molar-refractivity contribution < 1.29 is 10.2 Å². The molecule has 0 aliphatic heterocycles. The first kappa shape index (κ1) is 18.8. The fourth-order valence-corrected chi connectivity index (χ4v) is 4.33. The van der Waals surface area contributed by atoms with Crippen molar-refractivity contribution >= 4 is 0 Å². The first-order valence-electron chi connectivity index (χ1n) is 10.0. The smallest absolute Gasteiger partial charge is 0.122 e. The SMILES string of the molecule is CC(C)c1cc(C2CCC(c3ccc(O)cc3)CC2)cc(C(C)C)c1O. The van der Waals surface area contributed by atoms with Crippen molar-refractivity contribution in [2.45, 2.75) is 77.0 Å². The van der Waals surface area contributed by atoms with Crippen LogP contribution in [0.5, 0.6) is 11.5 Å². The number of phenols is 2. The Bertz CT molecular complexity index is 706. The monoisotopic (exact) mass is 352 g/mol. The largest absolute Gasteiger partial charge is 0.508 e. The van der Waals surface area contributed by atoms with Crippen molar-refractivity contribution in [1.29, 1.82) is 0 Å². The minimum absolute atomic E-state index is 0.334. The van der Waals surface area contributed by atoms with Crippen LogP contribution < -0.4 is 0 Å². The number of rotatable bonds is 4. The summed E-state index contributed by atoms with van der Waals surface area (Å²) >= 11 is 0. The van der Waals surface area contributed by atoms with Crippen molar-refractivity contribution in [2.24, 2.45) is 0 Å². The van der Waals surface area contributed by atoms with Crippen LogP contribution >= 0.6 is 0 Å². The van der Waals surface area contributed by atoms with Crippen LogP contribution in [0.4, 0.5) is 0 Å². The molecule has 3 rings (SSSR count). The summed E-state index contributed by atoms with van der Waals surface area (Å²) in [6, 6.07) is 12.2. The maximum Gasteiger partial charge on any atom is 0.122 e. The van der Waals surface area contributed by atoms with Crippen molar-refractivity contribution in [3.63, 3.8) is 0 Å². The van der Waals surface area contributed by atoms with Crippen LogP contribution in [-0.2, 0) is 0 Å². The van der Waals surface area contributed by atoms with Gasteiger partial charge in [-0.2, -0.15) is 0 Å². The summed E-state index contributed by atoms with van der Waals surface area (Å²) < 4.78 is 0. The summed E-state index contributed by atoms with van der Waals surface area (Å²) in [5, 5.41) is 20.1. The molecule has 1 aliphatic rings. The summed E-state index contributed by atoms with van der Waals surface area (Å²) in [5.74, 6) is 2.68. The minimum Gasteiger partial charge on any atom is -0.508 e. The van der Waals surface area contributed by atoms with E-state index in [2.05, 4.69) is 52.0 Å². The summed E-state index contributed by atoms with van der Waals surface area (Å²) in [7, 11) is 0. The van der Waals surface area contributed by atoms with E-state index < -0.39 is 0 Å². The van der Waals surface area contributed by atoms with E-state index in [9.17, 15) is 10.2 Å². The van der Waals surface area contributed by atoms with Crippen LogP contribution in [0.25, 0.3) is 0 Å². The van der Waals surface area contributed by atoms with Gasteiger partial charge in [-0.3, -0.25) is 0 Å². The van der Waals surface area contributed by atoms with Gasteiger partial charge >= 0.3 is 0 Å². The molecular weight excluding hydrogens is 320 g/mol. The second-order valence-corrected chi connectivity index (χ2v) is 8.50. The highest BCUT2D eigenvalue weighted by Gasteiger charge is 2.25. The van der Waals surface area contributed by atoms with Gasteiger partial charge in [0.25, 0.3) is 0 Å². The molecule has 0 amide bonds. The molecule has 0 heterocycles. The first-order chi connectivity index (χ1) is 12.4. The van der Waals surface area contributed by atoms with Gasteiger partial charge in [0.15, 0.2) is 0 Å². The highest BCUT2D eigenvalue weighted by molar-refractivity contribution is 5.48. The fraction of sp³-hybridized carbons (Fsp3) is 0.500. The Morgan fingerprint density at radius 3 is 1.54 bits per heavy atom. The van der Waals surface area contributed by atoms with Gasteiger partial charge in [0.2, 0.25) is 0 Å². The molecule has 2 aromatic rings.